The van der Waals surface area contributed by atoms with Crippen molar-refractivity contribution in [3.8, 4) is 0 Å². The van der Waals surface area contributed by atoms with E-state index in [1.54, 1.807) is 24.3 Å². The molecule has 13 nitrogen and oxygen atoms in total. The molecule has 0 saturated carbocycles. The van der Waals surface area contributed by atoms with Gasteiger partial charge in [0.25, 0.3) is 11.8 Å². The third kappa shape index (κ3) is 12.5. The first kappa shape index (κ1) is 35.5. The first-order chi connectivity index (χ1) is 22.5. The Hall–Kier alpha value is -5.98. The van der Waals surface area contributed by atoms with Gasteiger partial charge in [-0.1, -0.05) is 91.0 Å². The Morgan fingerprint density at radius 3 is 1.66 bits per heavy atom. The van der Waals surface area contributed by atoms with E-state index in [0.717, 1.165) is 28.8 Å². The molecule has 0 heterocycles. The fraction of sp³-hybridized carbons (Fsp3) is 0.235. The quantitative estimate of drug-likeness (QED) is 0.153. The summed E-state index contributed by atoms with van der Waals surface area (Å²) in [6.07, 6.45) is 1.13. The first-order valence-corrected chi connectivity index (χ1v) is 14.7. The molecule has 0 spiro atoms. The van der Waals surface area contributed by atoms with Crippen molar-refractivity contribution < 1.29 is 33.5 Å². The zero-order chi connectivity index (χ0) is 34.2. The first-order valence-electron chi connectivity index (χ1n) is 14.7. The summed E-state index contributed by atoms with van der Waals surface area (Å²) in [5.74, 6) is -3.89. The van der Waals surface area contributed by atoms with Crippen molar-refractivity contribution in [2.24, 2.45) is 5.73 Å². The number of carbonyl (C=O) groups excluding carboxylic acids is 6. The molecule has 0 unspecified atom stereocenters. The van der Waals surface area contributed by atoms with Crippen molar-refractivity contribution in [2.45, 2.75) is 45.6 Å². The Kier molecular flexibility index (Phi) is 13.7. The summed E-state index contributed by atoms with van der Waals surface area (Å²) in [6, 6.07) is 25.3. The Balaban J connectivity index is 1.58. The SMILES string of the molecule is C[C@H](NC(=O)OCc1ccccc1)C(=O)N[C@@H](C)C(=O)NN(CC(N)=O)C(=O)/C=C/C(=O)N(Cc1ccccc1)Cc1ccccc1. The predicted octanol–water partition coefficient (Wildman–Crippen LogP) is 1.94. The lowest BCUT2D eigenvalue weighted by Crippen LogP contribution is -2.56. The smallest absolute Gasteiger partial charge is 0.408 e. The Morgan fingerprint density at radius 1 is 0.681 bits per heavy atom. The number of alkyl carbamates (subject to hydrolysis) is 1. The number of primary amides is 1. The van der Waals surface area contributed by atoms with Gasteiger partial charge in [-0.05, 0) is 30.5 Å². The fourth-order valence-electron chi connectivity index (χ4n) is 4.13. The summed E-state index contributed by atoms with van der Waals surface area (Å²) in [6.45, 7) is 2.57. The maximum Gasteiger partial charge on any atom is 0.408 e. The number of rotatable bonds is 14. The van der Waals surface area contributed by atoms with Crippen LogP contribution in [0.1, 0.15) is 30.5 Å². The van der Waals surface area contributed by atoms with Gasteiger partial charge in [0.05, 0.1) is 0 Å². The maximum atomic E-state index is 13.2. The largest absolute Gasteiger partial charge is 0.445 e. The molecule has 6 amide bonds. The van der Waals surface area contributed by atoms with E-state index in [0.29, 0.717) is 5.01 Å². The third-order valence-electron chi connectivity index (χ3n) is 6.63. The molecule has 0 fully saturated rings. The molecule has 5 N–H and O–H groups in total. The highest BCUT2D eigenvalue weighted by Gasteiger charge is 2.25. The number of nitrogens with zero attached hydrogens (tertiary/aromatic N) is 2. The monoisotopic (exact) mass is 642 g/mol. The molecule has 2 atom stereocenters. The lowest BCUT2D eigenvalue weighted by atomic mass is 10.1. The molecule has 0 aliphatic rings. The summed E-state index contributed by atoms with van der Waals surface area (Å²) in [7, 11) is 0. The molecule has 3 rings (SSSR count). The van der Waals surface area contributed by atoms with Gasteiger partial charge >= 0.3 is 6.09 Å². The molecule has 0 radical (unpaired) electrons. The maximum absolute atomic E-state index is 13.2. The van der Waals surface area contributed by atoms with Gasteiger partial charge in [-0.15, -0.1) is 0 Å². The van der Waals surface area contributed by atoms with Gasteiger partial charge in [0.1, 0.15) is 25.2 Å². The van der Waals surface area contributed by atoms with Crippen LogP contribution in [0, 0.1) is 0 Å². The van der Waals surface area contributed by atoms with Gasteiger partial charge in [0, 0.05) is 25.2 Å². The predicted molar refractivity (Wildman–Crippen MR) is 172 cm³/mol. The van der Waals surface area contributed by atoms with Crippen LogP contribution in [-0.4, -0.2) is 64.2 Å². The molecule has 0 aliphatic carbocycles. The lowest BCUT2D eigenvalue weighted by molar-refractivity contribution is -0.142. The van der Waals surface area contributed by atoms with Crippen LogP contribution < -0.4 is 21.8 Å². The number of nitrogens with one attached hydrogen (secondary N) is 3. The number of ether oxygens (including phenoxy) is 1. The van der Waals surface area contributed by atoms with Gasteiger partial charge in [-0.3, -0.25) is 29.4 Å². The van der Waals surface area contributed by atoms with Gasteiger partial charge in [0.15, 0.2) is 0 Å². The van der Waals surface area contributed by atoms with Gasteiger partial charge in [-0.25, -0.2) is 9.80 Å². The van der Waals surface area contributed by atoms with Crippen LogP contribution in [0.5, 0.6) is 0 Å². The summed E-state index contributed by atoms with van der Waals surface area (Å²) in [5, 5.41) is 5.42. The minimum atomic E-state index is -1.20. The van der Waals surface area contributed by atoms with Crippen LogP contribution in [-0.2, 0) is 48.4 Å². The standard InChI is InChI=1S/C34H38N6O7/c1-24(37-34(46)47-23-28-16-10-5-11-17-28)32(44)36-25(2)33(45)38-40(22-29(35)41)31(43)19-18-30(42)39(20-26-12-6-3-7-13-26)21-27-14-8-4-9-15-27/h3-19,24-25H,20-23H2,1-2H3,(H2,35,41)(H,36,44)(H,37,46)(H,38,45)/b19-18+/t24-,25-/m0/s1. The van der Waals surface area contributed by atoms with Crippen LogP contribution in [0.15, 0.2) is 103 Å². The summed E-state index contributed by atoms with van der Waals surface area (Å²) < 4.78 is 5.10. The number of benzene rings is 3. The molecule has 3 aromatic rings. The highest BCUT2D eigenvalue weighted by molar-refractivity contribution is 5.99. The Morgan fingerprint density at radius 2 is 1.15 bits per heavy atom. The van der Waals surface area contributed by atoms with E-state index >= 15 is 0 Å². The van der Waals surface area contributed by atoms with Crippen molar-refractivity contribution in [1.29, 1.82) is 0 Å². The van der Waals surface area contributed by atoms with Gasteiger partial charge in [0.2, 0.25) is 17.7 Å². The normalized spacial score (nSPS) is 11.9. The van der Waals surface area contributed by atoms with E-state index in [9.17, 15) is 28.8 Å². The lowest BCUT2D eigenvalue weighted by Gasteiger charge is -2.24. The second kappa shape index (κ2) is 18.1. The fourth-order valence-corrected chi connectivity index (χ4v) is 4.13. The molecular weight excluding hydrogens is 604 g/mol. The molecule has 246 valence electrons. The van der Waals surface area contributed by atoms with Crippen LogP contribution in [0.25, 0.3) is 0 Å². The average Bonchev–Trinajstić information content (AvgIpc) is 3.06. The highest BCUT2D eigenvalue weighted by Crippen LogP contribution is 2.11. The van der Waals surface area contributed by atoms with Crippen LogP contribution in [0.3, 0.4) is 0 Å². The summed E-state index contributed by atoms with van der Waals surface area (Å²) >= 11 is 0. The van der Waals surface area contributed by atoms with Crippen LogP contribution in [0.4, 0.5) is 4.79 Å². The van der Waals surface area contributed by atoms with Crippen LogP contribution >= 0.6 is 0 Å². The second-order valence-electron chi connectivity index (χ2n) is 10.5. The number of nitrogens with two attached hydrogens (primary N) is 1. The number of hydrogen-bond donors (Lipinski definition) is 4. The molecular formula is C34H38N6O7. The Labute approximate surface area is 272 Å². The molecule has 3 aromatic carbocycles. The minimum Gasteiger partial charge on any atom is -0.445 e. The molecule has 0 bridgehead atoms. The van der Waals surface area contributed by atoms with E-state index in [-0.39, 0.29) is 19.7 Å². The van der Waals surface area contributed by atoms with Crippen molar-refractivity contribution in [3.05, 3.63) is 120 Å². The van der Waals surface area contributed by atoms with Crippen molar-refractivity contribution >= 4 is 35.6 Å². The topological polar surface area (TPSA) is 180 Å². The zero-order valence-electron chi connectivity index (χ0n) is 26.1. The van der Waals surface area contributed by atoms with Crippen molar-refractivity contribution in [3.63, 3.8) is 0 Å². The molecule has 47 heavy (non-hydrogen) atoms. The van der Waals surface area contributed by atoms with E-state index in [2.05, 4.69) is 16.1 Å². The number of carbonyl (C=O) groups is 6. The van der Waals surface area contributed by atoms with Crippen molar-refractivity contribution in [2.75, 3.05) is 6.54 Å². The minimum absolute atomic E-state index is 0.00166. The van der Waals surface area contributed by atoms with E-state index < -0.39 is 54.3 Å². The van der Waals surface area contributed by atoms with Crippen molar-refractivity contribution in [1.82, 2.24) is 26.0 Å². The molecule has 0 aliphatic heterocycles. The molecule has 0 aromatic heterocycles. The molecule has 13 heteroatoms. The third-order valence-corrected chi connectivity index (χ3v) is 6.63. The Bertz CT molecular complexity index is 1510. The van der Waals surface area contributed by atoms with E-state index in [4.69, 9.17) is 10.5 Å². The summed E-state index contributed by atoms with van der Waals surface area (Å²) in [5.41, 5.74) is 10.0. The van der Waals surface area contributed by atoms with E-state index in [1.807, 2.05) is 66.7 Å². The average molecular weight is 643 g/mol. The van der Waals surface area contributed by atoms with E-state index in [1.165, 1.54) is 18.7 Å². The number of hydrogen-bond acceptors (Lipinski definition) is 7. The highest BCUT2D eigenvalue weighted by atomic mass is 16.5. The molecule has 0 saturated heterocycles. The number of amides is 6. The second-order valence-corrected chi connectivity index (χ2v) is 10.5. The van der Waals surface area contributed by atoms with Gasteiger partial charge in [-0.2, -0.15) is 0 Å². The van der Waals surface area contributed by atoms with Gasteiger partial charge < -0.3 is 26.0 Å². The summed E-state index contributed by atoms with van der Waals surface area (Å²) in [4.78, 5) is 77.0. The number of hydrazine groups is 1. The van der Waals surface area contributed by atoms with Crippen LogP contribution in [0.2, 0.25) is 0 Å². The zero-order valence-corrected chi connectivity index (χ0v) is 26.1.